The Bertz CT molecular complexity index is 544. The molecule has 1 aromatic heterocycles. The lowest BCUT2D eigenvalue weighted by atomic mass is 10.0. The van der Waals surface area contributed by atoms with E-state index in [1.807, 2.05) is 20.0 Å². The van der Waals surface area contributed by atoms with Crippen LogP contribution in [0.2, 0.25) is 0 Å². The van der Waals surface area contributed by atoms with Gasteiger partial charge >= 0.3 is 0 Å². The standard InChI is InChI=1S/C13H14Br2FN3/c1-3-17-12(13-9(15)7-18-19(13)2)11-8(14)5-4-6-10(11)16/h4-7,12,17H,3H2,1-2H3. The number of halogens is 3. The van der Waals surface area contributed by atoms with Gasteiger partial charge in [-0.1, -0.05) is 28.9 Å². The van der Waals surface area contributed by atoms with Crippen molar-refractivity contribution >= 4 is 31.9 Å². The monoisotopic (exact) mass is 389 g/mol. The van der Waals surface area contributed by atoms with E-state index in [0.29, 0.717) is 5.56 Å². The Morgan fingerprint density at radius 1 is 1.37 bits per heavy atom. The second kappa shape index (κ2) is 6.15. The second-order valence-electron chi connectivity index (χ2n) is 4.13. The first-order valence-corrected chi connectivity index (χ1v) is 7.49. The first-order chi connectivity index (χ1) is 9.06. The van der Waals surface area contributed by atoms with Crippen LogP contribution in [-0.4, -0.2) is 16.3 Å². The van der Waals surface area contributed by atoms with Crippen LogP contribution in [0.4, 0.5) is 4.39 Å². The van der Waals surface area contributed by atoms with Crippen molar-refractivity contribution in [2.45, 2.75) is 13.0 Å². The quantitative estimate of drug-likeness (QED) is 0.860. The van der Waals surface area contributed by atoms with Crippen LogP contribution in [0.1, 0.15) is 24.2 Å². The van der Waals surface area contributed by atoms with Gasteiger partial charge in [-0.25, -0.2) is 4.39 Å². The van der Waals surface area contributed by atoms with Gasteiger partial charge in [0.05, 0.1) is 22.4 Å². The van der Waals surface area contributed by atoms with Gasteiger partial charge in [0.2, 0.25) is 0 Å². The number of nitrogens with zero attached hydrogens (tertiary/aromatic N) is 2. The molecular formula is C13H14Br2FN3. The van der Waals surface area contributed by atoms with Crippen molar-refractivity contribution in [2.24, 2.45) is 7.05 Å². The SMILES string of the molecule is CCNC(c1c(F)cccc1Br)c1c(Br)cnn1C. The summed E-state index contributed by atoms with van der Waals surface area (Å²) in [4.78, 5) is 0. The summed E-state index contributed by atoms with van der Waals surface area (Å²) in [6.45, 7) is 2.72. The molecule has 2 rings (SSSR count). The van der Waals surface area contributed by atoms with Crippen molar-refractivity contribution < 1.29 is 4.39 Å². The van der Waals surface area contributed by atoms with Crippen molar-refractivity contribution in [3.63, 3.8) is 0 Å². The molecule has 6 heteroatoms. The van der Waals surface area contributed by atoms with E-state index in [2.05, 4.69) is 42.3 Å². The highest BCUT2D eigenvalue weighted by atomic mass is 79.9. The van der Waals surface area contributed by atoms with Crippen molar-refractivity contribution in [3.05, 3.63) is 50.4 Å². The molecule has 0 aliphatic heterocycles. The average molecular weight is 391 g/mol. The third kappa shape index (κ3) is 2.90. The number of benzene rings is 1. The van der Waals surface area contributed by atoms with E-state index in [1.165, 1.54) is 6.07 Å². The zero-order valence-corrected chi connectivity index (χ0v) is 13.8. The maximum absolute atomic E-state index is 14.2. The Hall–Kier alpha value is -0.720. The van der Waals surface area contributed by atoms with Crippen LogP contribution >= 0.6 is 31.9 Å². The Morgan fingerprint density at radius 3 is 2.63 bits per heavy atom. The fourth-order valence-electron chi connectivity index (χ4n) is 2.07. The van der Waals surface area contributed by atoms with Crippen molar-refractivity contribution in [3.8, 4) is 0 Å². The minimum absolute atomic E-state index is 0.242. The zero-order chi connectivity index (χ0) is 14.0. The summed E-state index contributed by atoms with van der Waals surface area (Å²) in [6, 6.07) is 4.73. The van der Waals surface area contributed by atoms with E-state index in [0.717, 1.165) is 21.2 Å². The predicted molar refractivity (Wildman–Crippen MR) is 80.5 cm³/mol. The molecule has 0 aliphatic carbocycles. The first-order valence-electron chi connectivity index (χ1n) is 5.91. The van der Waals surface area contributed by atoms with Crippen molar-refractivity contribution in [2.75, 3.05) is 6.54 Å². The zero-order valence-electron chi connectivity index (χ0n) is 10.6. The van der Waals surface area contributed by atoms with Crippen LogP contribution in [0.25, 0.3) is 0 Å². The summed E-state index contributed by atoms with van der Waals surface area (Å²) >= 11 is 6.90. The molecule has 3 nitrogen and oxygen atoms in total. The number of nitrogens with one attached hydrogen (secondary N) is 1. The van der Waals surface area contributed by atoms with Crippen LogP contribution < -0.4 is 5.32 Å². The third-order valence-electron chi connectivity index (χ3n) is 2.91. The highest BCUT2D eigenvalue weighted by Crippen LogP contribution is 2.33. The average Bonchev–Trinajstić information content (AvgIpc) is 2.68. The van der Waals surface area contributed by atoms with E-state index in [1.54, 1.807) is 16.9 Å². The fourth-order valence-corrected chi connectivity index (χ4v) is 3.22. The van der Waals surface area contributed by atoms with Gasteiger partial charge in [0.1, 0.15) is 5.82 Å². The van der Waals surface area contributed by atoms with E-state index in [9.17, 15) is 4.39 Å². The molecule has 0 saturated carbocycles. The van der Waals surface area contributed by atoms with E-state index < -0.39 is 0 Å². The summed E-state index contributed by atoms with van der Waals surface area (Å²) in [6.07, 6.45) is 1.72. The summed E-state index contributed by atoms with van der Waals surface area (Å²) in [5.74, 6) is -0.242. The molecule has 1 atom stereocenters. The van der Waals surface area contributed by atoms with Gasteiger partial charge in [0.15, 0.2) is 0 Å². The van der Waals surface area contributed by atoms with Gasteiger partial charge in [-0.3, -0.25) is 4.68 Å². The first kappa shape index (κ1) is 14.7. The van der Waals surface area contributed by atoms with Crippen LogP contribution in [-0.2, 0) is 7.05 Å². The summed E-state index contributed by atoms with van der Waals surface area (Å²) < 4.78 is 17.5. The summed E-state index contributed by atoms with van der Waals surface area (Å²) in [7, 11) is 1.85. The molecule has 0 radical (unpaired) electrons. The normalized spacial score (nSPS) is 12.7. The highest BCUT2D eigenvalue weighted by molar-refractivity contribution is 9.10. The van der Waals surface area contributed by atoms with Gasteiger partial charge in [-0.2, -0.15) is 5.10 Å². The Morgan fingerprint density at radius 2 is 2.11 bits per heavy atom. The molecule has 1 heterocycles. The van der Waals surface area contributed by atoms with Crippen LogP contribution in [0, 0.1) is 5.82 Å². The second-order valence-corrected chi connectivity index (χ2v) is 5.84. The number of rotatable bonds is 4. The number of hydrogen-bond donors (Lipinski definition) is 1. The molecule has 102 valence electrons. The molecule has 1 aromatic carbocycles. The lowest BCUT2D eigenvalue weighted by molar-refractivity contribution is 0.528. The predicted octanol–water partition coefficient (Wildman–Crippen LogP) is 3.78. The maximum atomic E-state index is 14.2. The Kier molecular flexibility index (Phi) is 4.76. The van der Waals surface area contributed by atoms with Gasteiger partial charge in [0.25, 0.3) is 0 Å². The minimum Gasteiger partial charge on any atom is -0.305 e. The van der Waals surface area contributed by atoms with Gasteiger partial charge in [-0.05, 0) is 34.6 Å². The lowest BCUT2D eigenvalue weighted by Gasteiger charge is -2.21. The lowest BCUT2D eigenvalue weighted by Crippen LogP contribution is -2.26. The maximum Gasteiger partial charge on any atom is 0.129 e. The third-order valence-corrected chi connectivity index (χ3v) is 4.21. The minimum atomic E-state index is -0.262. The van der Waals surface area contributed by atoms with E-state index >= 15 is 0 Å². The largest absolute Gasteiger partial charge is 0.305 e. The molecule has 0 saturated heterocycles. The van der Waals surface area contributed by atoms with Crippen molar-refractivity contribution in [1.82, 2.24) is 15.1 Å². The molecule has 0 amide bonds. The summed E-state index contributed by atoms with van der Waals surface area (Å²) in [5, 5.41) is 7.50. The molecule has 1 N–H and O–H groups in total. The highest BCUT2D eigenvalue weighted by Gasteiger charge is 2.24. The Balaban J connectivity index is 2.58. The molecule has 0 aliphatic rings. The van der Waals surface area contributed by atoms with E-state index in [4.69, 9.17) is 0 Å². The van der Waals surface area contributed by atoms with Crippen LogP contribution in [0.15, 0.2) is 33.3 Å². The topological polar surface area (TPSA) is 29.9 Å². The number of aromatic nitrogens is 2. The number of hydrogen-bond acceptors (Lipinski definition) is 2. The fraction of sp³-hybridized carbons (Fsp3) is 0.308. The van der Waals surface area contributed by atoms with Gasteiger partial charge in [-0.15, -0.1) is 0 Å². The van der Waals surface area contributed by atoms with Gasteiger partial charge in [0, 0.05) is 17.1 Å². The molecule has 2 aromatic rings. The van der Waals surface area contributed by atoms with Crippen LogP contribution in [0.3, 0.4) is 0 Å². The smallest absolute Gasteiger partial charge is 0.129 e. The molecular weight excluding hydrogens is 377 g/mol. The summed E-state index contributed by atoms with van der Waals surface area (Å²) in [5.41, 5.74) is 1.49. The Labute approximate surface area is 128 Å². The number of aryl methyl sites for hydroxylation is 1. The van der Waals surface area contributed by atoms with Crippen LogP contribution in [0.5, 0.6) is 0 Å². The molecule has 0 fully saturated rings. The van der Waals surface area contributed by atoms with Crippen molar-refractivity contribution in [1.29, 1.82) is 0 Å². The van der Waals surface area contributed by atoms with E-state index in [-0.39, 0.29) is 11.9 Å². The molecule has 19 heavy (non-hydrogen) atoms. The molecule has 1 unspecified atom stereocenters. The molecule has 0 bridgehead atoms. The molecule has 0 spiro atoms. The van der Waals surface area contributed by atoms with Gasteiger partial charge < -0.3 is 5.32 Å².